The van der Waals surface area contributed by atoms with Gasteiger partial charge in [0.05, 0.1) is 17.7 Å². The molecule has 1 amide bonds. The van der Waals surface area contributed by atoms with Crippen molar-refractivity contribution in [2.45, 2.75) is 19.8 Å². The number of hydrazone groups is 1. The zero-order valence-corrected chi connectivity index (χ0v) is 13.3. The normalized spacial score (nSPS) is 21.1. The van der Waals surface area contributed by atoms with Crippen LogP contribution in [0.25, 0.3) is 6.08 Å². The monoisotopic (exact) mass is 320 g/mol. The highest BCUT2D eigenvalue weighted by Gasteiger charge is 2.29. The molecule has 118 valence electrons. The van der Waals surface area contributed by atoms with E-state index in [0.29, 0.717) is 6.42 Å². The van der Waals surface area contributed by atoms with Crippen molar-refractivity contribution in [1.82, 2.24) is 5.43 Å². The van der Waals surface area contributed by atoms with Gasteiger partial charge in [0.15, 0.2) is 9.84 Å². The highest BCUT2D eigenvalue weighted by molar-refractivity contribution is 7.91. The van der Waals surface area contributed by atoms with Crippen LogP contribution < -0.4 is 5.43 Å². The summed E-state index contributed by atoms with van der Waals surface area (Å²) in [7, 11) is -2.94. The summed E-state index contributed by atoms with van der Waals surface area (Å²) in [6.45, 7) is 1.90. The van der Waals surface area contributed by atoms with Crippen molar-refractivity contribution in [2.75, 3.05) is 11.5 Å². The van der Waals surface area contributed by atoms with Gasteiger partial charge < -0.3 is 0 Å². The molecule has 1 aliphatic heterocycles. The van der Waals surface area contributed by atoms with Crippen LogP contribution in [0.1, 0.15) is 25.3 Å². The number of carbonyl (C=O) groups is 1. The molecule has 0 spiro atoms. The Balaban J connectivity index is 1.79. The van der Waals surface area contributed by atoms with Gasteiger partial charge in [-0.1, -0.05) is 36.4 Å². The lowest BCUT2D eigenvalue weighted by Crippen LogP contribution is -2.21. The Morgan fingerprint density at radius 2 is 2.09 bits per heavy atom. The Morgan fingerprint density at radius 3 is 2.73 bits per heavy atom. The van der Waals surface area contributed by atoms with E-state index in [0.717, 1.165) is 11.1 Å². The molecule has 1 aromatic rings. The quantitative estimate of drug-likeness (QED) is 0.666. The van der Waals surface area contributed by atoms with Gasteiger partial charge in [0.1, 0.15) is 0 Å². The van der Waals surface area contributed by atoms with Gasteiger partial charge in [-0.25, -0.2) is 13.8 Å². The number of hydrogen-bond acceptors (Lipinski definition) is 4. The number of hydrogen-bond donors (Lipinski definition) is 1. The minimum atomic E-state index is -2.94. The van der Waals surface area contributed by atoms with Crippen molar-refractivity contribution in [2.24, 2.45) is 11.0 Å². The topological polar surface area (TPSA) is 75.6 Å². The van der Waals surface area contributed by atoms with Crippen molar-refractivity contribution in [3.63, 3.8) is 0 Å². The first-order valence-corrected chi connectivity index (χ1v) is 9.02. The van der Waals surface area contributed by atoms with Crippen LogP contribution in [0.15, 0.2) is 41.0 Å². The molecule has 1 aromatic carbocycles. The molecule has 6 heteroatoms. The van der Waals surface area contributed by atoms with Crippen molar-refractivity contribution >= 4 is 28.0 Å². The average Bonchev–Trinajstić information content (AvgIpc) is 2.79. The molecule has 1 saturated heterocycles. The van der Waals surface area contributed by atoms with Gasteiger partial charge in [-0.05, 0) is 30.4 Å². The molecule has 2 rings (SSSR count). The lowest BCUT2D eigenvalue weighted by Gasteiger charge is -2.05. The van der Waals surface area contributed by atoms with Crippen LogP contribution in [-0.2, 0) is 14.6 Å². The van der Waals surface area contributed by atoms with Gasteiger partial charge in [0, 0.05) is 6.42 Å². The van der Waals surface area contributed by atoms with Crippen molar-refractivity contribution in [3.05, 3.63) is 41.5 Å². The fourth-order valence-corrected chi connectivity index (χ4v) is 4.26. The Hall–Kier alpha value is -1.95. The summed E-state index contributed by atoms with van der Waals surface area (Å²) in [4.78, 5) is 11.7. The molecular formula is C16H20N2O3S. The van der Waals surface area contributed by atoms with Crippen molar-refractivity contribution in [1.29, 1.82) is 0 Å². The molecule has 1 aliphatic rings. The third-order valence-corrected chi connectivity index (χ3v) is 5.29. The largest absolute Gasteiger partial charge is 0.273 e. The van der Waals surface area contributed by atoms with E-state index in [1.807, 2.05) is 43.3 Å². The number of nitrogens with one attached hydrogen (secondary N) is 1. The van der Waals surface area contributed by atoms with E-state index in [1.54, 1.807) is 6.21 Å². The smallest absolute Gasteiger partial charge is 0.240 e. The second-order valence-electron chi connectivity index (χ2n) is 5.57. The van der Waals surface area contributed by atoms with E-state index in [-0.39, 0.29) is 29.8 Å². The predicted octanol–water partition coefficient (Wildman–Crippen LogP) is 2.02. The number of sulfone groups is 1. The lowest BCUT2D eigenvalue weighted by molar-refractivity contribution is -0.121. The van der Waals surface area contributed by atoms with E-state index in [1.165, 1.54) is 0 Å². The Bertz CT molecular complexity index is 679. The first kappa shape index (κ1) is 16.4. The number of allylic oxidation sites excluding steroid dienone is 1. The number of nitrogens with zero attached hydrogens (tertiary/aromatic N) is 1. The molecule has 1 fully saturated rings. The van der Waals surface area contributed by atoms with E-state index < -0.39 is 9.84 Å². The standard InChI is InChI=1S/C16H20N2O3S/c1-13(9-14-5-3-2-4-6-14)11-17-18-16(19)10-15-7-8-22(20,21)12-15/h2-6,9,11,15H,7-8,10,12H2,1H3,(H,18,19)/b13-9+,17-11-/t15-/m0/s1. The van der Waals surface area contributed by atoms with Crippen molar-refractivity contribution in [3.8, 4) is 0 Å². The molecule has 5 nitrogen and oxygen atoms in total. The third-order valence-electron chi connectivity index (χ3n) is 3.45. The fourth-order valence-electron chi connectivity index (χ4n) is 2.40. The van der Waals surface area contributed by atoms with Crippen LogP contribution in [0.3, 0.4) is 0 Å². The van der Waals surface area contributed by atoms with Gasteiger partial charge in [-0.2, -0.15) is 5.10 Å². The Labute approximate surface area is 131 Å². The maximum Gasteiger partial charge on any atom is 0.240 e. The maximum absolute atomic E-state index is 11.7. The SMILES string of the molecule is CC(/C=N\NC(=O)C[C@@H]1CCS(=O)(=O)C1)=C\c1ccccc1. The van der Waals surface area contributed by atoms with E-state index in [2.05, 4.69) is 10.5 Å². The van der Waals surface area contributed by atoms with E-state index in [9.17, 15) is 13.2 Å². The molecule has 1 heterocycles. The zero-order chi connectivity index (χ0) is 16.0. The maximum atomic E-state index is 11.7. The summed E-state index contributed by atoms with van der Waals surface area (Å²) < 4.78 is 22.7. The summed E-state index contributed by atoms with van der Waals surface area (Å²) in [5.74, 6) is -0.0310. The molecule has 0 bridgehead atoms. The van der Waals surface area contributed by atoms with E-state index >= 15 is 0 Å². The molecule has 1 atom stereocenters. The van der Waals surface area contributed by atoms with Crippen LogP contribution in [0.2, 0.25) is 0 Å². The zero-order valence-electron chi connectivity index (χ0n) is 12.5. The molecule has 0 radical (unpaired) electrons. The summed E-state index contributed by atoms with van der Waals surface area (Å²) >= 11 is 0. The number of benzene rings is 1. The third kappa shape index (κ3) is 5.44. The van der Waals surface area contributed by atoms with Gasteiger partial charge in [0.25, 0.3) is 0 Å². The Morgan fingerprint density at radius 1 is 1.36 bits per heavy atom. The lowest BCUT2D eigenvalue weighted by atomic mass is 10.1. The first-order chi connectivity index (χ1) is 10.4. The molecule has 1 N–H and O–H groups in total. The molecule has 0 aromatic heterocycles. The minimum Gasteiger partial charge on any atom is -0.273 e. The molecule has 0 unspecified atom stereocenters. The van der Waals surface area contributed by atoms with E-state index in [4.69, 9.17) is 0 Å². The summed E-state index contributed by atoms with van der Waals surface area (Å²) in [6.07, 6.45) is 4.31. The first-order valence-electron chi connectivity index (χ1n) is 7.20. The van der Waals surface area contributed by atoms with Gasteiger partial charge in [-0.15, -0.1) is 0 Å². The minimum absolute atomic E-state index is 0.0823. The molecule has 22 heavy (non-hydrogen) atoms. The highest BCUT2D eigenvalue weighted by Crippen LogP contribution is 2.21. The summed E-state index contributed by atoms with van der Waals surface area (Å²) in [5.41, 5.74) is 4.42. The van der Waals surface area contributed by atoms with Crippen LogP contribution in [0, 0.1) is 5.92 Å². The van der Waals surface area contributed by atoms with Gasteiger partial charge in [-0.3, -0.25) is 4.79 Å². The van der Waals surface area contributed by atoms with Crippen molar-refractivity contribution < 1.29 is 13.2 Å². The summed E-state index contributed by atoms with van der Waals surface area (Å²) in [6, 6.07) is 9.82. The predicted molar refractivity (Wildman–Crippen MR) is 88.1 cm³/mol. The van der Waals surface area contributed by atoms with Crippen LogP contribution >= 0.6 is 0 Å². The fraction of sp³-hybridized carbons (Fsp3) is 0.375. The number of rotatable bonds is 5. The van der Waals surface area contributed by atoms with Gasteiger partial charge in [0.2, 0.25) is 5.91 Å². The Kier molecular flexibility index (Phi) is 5.49. The molecule has 0 aliphatic carbocycles. The second kappa shape index (κ2) is 7.35. The summed E-state index contributed by atoms with van der Waals surface area (Å²) in [5, 5.41) is 3.90. The number of carbonyl (C=O) groups excluding carboxylic acids is 1. The van der Waals surface area contributed by atoms with Crippen LogP contribution in [0.5, 0.6) is 0 Å². The second-order valence-corrected chi connectivity index (χ2v) is 7.79. The molecule has 0 saturated carbocycles. The number of amides is 1. The highest BCUT2D eigenvalue weighted by atomic mass is 32.2. The molecular weight excluding hydrogens is 300 g/mol. The van der Waals surface area contributed by atoms with Crippen LogP contribution in [-0.4, -0.2) is 32.0 Å². The van der Waals surface area contributed by atoms with Gasteiger partial charge >= 0.3 is 0 Å². The van der Waals surface area contributed by atoms with Crippen LogP contribution in [0.4, 0.5) is 0 Å². The average molecular weight is 320 g/mol.